The van der Waals surface area contributed by atoms with Gasteiger partial charge in [-0.2, -0.15) is 5.10 Å². The number of hydrogen-bond acceptors (Lipinski definition) is 9. The molecule has 174 valence electrons. The van der Waals surface area contributed by atoms with Gasteiger partial charge in [0.15, 0.2) is 18.1 Å². The number of hydrogen-bond donors (Lipinski definition) is 1. The van der Waals surface area contributed by atoms with E-state index in [1.807, 2.05) is 0 Å². The molecule has 3 rings (SSSR count). The van der Waals surface area contributed by atoms with Gasteiger partial charge in [0.05, 0.1) is 35.7 Å². The number of thioether (sulfide) groups is 1. The average molecular weight is 576 g/mol. The van der Waals surface area contributed by atoms with Crippen molar-refractivity contribution in [2.45, 2.75) is 11.8 Å². The maximum Gasteiger partial charge on any atom is 0.277 e. The van der Waals surface area contributed by atoms with Crippen molar-refractivity contribution in [1.82, 2.24) is 15.6 Å². The van der Waals surface area contributed by atoms with Crippen LogP contribution in [0, 0.1) is 0 Å². The lowest BCUT2D eigenvalue weighted by atomic mass is 10.2. The molecule has 0 saturated heterocycles. The van der Waals surface area contributed by atoms with Gasteiger partial charge in [0, 0.05) is 5.02 Å². The Morgan fingerprint density at radius 3 is 2.76 bits per heavy atom. The monoisotopic (exact) mass is 574 g/mol. The average Bonchev–Trinajstić information content (AvgIpc) is 3.24. The quantitative estimate of drug-likeness (QED) is 0.205. The number of amides is 1. The largest absolute Gasteiger partial charge is 0.493 e. The fourth-order valence-electron chi connectivity index (χ4n) is 2.44. The van der Waals surface area contributed by atoms with Gasteiger partial charge in [-0.05, 0) is 51.8 Å². The fraction of sp³-hybridized carbons (Fsp3) is 0.200. The molecular weight excluding hydrogens is 559 g/mol. The van der Waals surface area contributed by atoms with Gasteiger partial charge in [0.1, 0.15) is 5.75 Å². The van der Waals surface area contributed by atoms with Crippen molar-refractivity contribution in [3.05, 3.63) is 56.3 Å². The molecule has 0 fully saturated rings. The van der Waals surface area contributed by atoms with E-state index in [1.54, 1.807) is 37.4 Å². The number of carbonyl (C=O) groups excluding carboxylic acids is 1. The molecule has 0 bridgehead atoms. The van der Waals surface area contributed by atoms with Crippen molar-refractivity contribution in [2.75, 3.05) is 20.0 Å². The smallest absolute Gasteiger partial charge is 0.277 e. The molecule has 0 aliphatic rings. The third kappa shape index (κ3) is 7.26. The molecule has 0 aliphatic heterocycles. The van der Waals surface area contributed by atoms with E-state index in [-0.39, 0.29) is 29.4 Å². The van der Waals surface area contributed by atoms with Crippen molar-refractivity contribution in [3.8, 4) is 17.2 Å². The summed E-state index contributed by atoms with van der Waals surface area (Å²) in [6.45, 7) is 0.0201. The van der Waals surface area contributed by atoms with Gasteiger partial charge in [0.2, 0.25) is 0 Å². The number of aromatic nitrogens is 2. The minimum absolute atomic E-state index is 0.0201. The van der Waals surface area contributed by atoms with Gasteiger partial charge >= 0.3 is 0 Å². The van der Waals surface area contributed by atoms with E-state index in [1.165, 1.54) is 13.3 Å². The van der Waals surface area contributed by atoms with Crippen LogP contribution in [0.25, 0.3) is 0 Å². The fourth-order valence-corrected chi connectivity index (χ4v) is 4.09. The summed E-state index contributed by atoms with van der Waals surface area (Å²) in [5.74, 6) is 1.45. The summed E-state index contributed by atoms with van der Waals surface area (Å²) in [5.41, 5.74) is 3.14. The highest BCUT2D eigenvalue weighted by Gasteiger charge is 2.12. The second-order valence-electron chi connectivity index (χ2n) is 6.15. The van der Waals surface area contributed by atoms with Crippen LogP contribution in [0.4, 0.5) is 0 Å². The number of hydrazone groups is 1. The van der Waals surface area contributed by atoms with Crippen LogP contribution >= 0.6 is 50.9 Å². The first-order chi connectivity index (χ1) is 15.9. The van der Waals surface area contributed by atoms with Crippen molar-refractivity contribution in [3.63, 3.8) is 0 Å². The second-order valence-corrected chi connectivity index (χ2v) is 8.77. The molecule has 1 N–H and O–H groups in total. The summed E-state index contributed by atoms with van der Waals surface area (Å²) in [5, 5.41) is 12.8. The summed E-state index contributed by atoms with van der Waals surface area (Å²) in [7, 11) is 3.08. The van der Waals surface area contributed by atoms with Crippen LogP contribution in [0.3, 0.4) is 0 Å². The molecule has 33 heavy (non-hydrogen) atoms. The molecule has 0 spiro atoms. The van der Waals surface area contributed by atoms with Gasteiger partial charge in [-0.1, -0.05) is 35.0 Å². The lowest BCUT2D eigenvalue weighted by Gasteiger charge is -2.10. The summed E-state index contributed by atoms with van der Waals surface area (Å²) in [4.78, 5) is 12.0. The maximum absolute atomic E-state index is 12.0. The topological polar surface area (TPSA) is 108 Å². The zero-order chi connectivity index (χ0) is 23.8. The van der Waals surface area contributed by atoms with Crippen LogP contribution in [0.1, 0.15) is 11.5 Å². The molecule has 0 unspecified atom stereocenters. The molecule has 0 aliphatic carbocycles. The Bertz CT molecular complexity index is 1160. The molecule has 13 heteroatoms. The number of ether oxygens (including phenoxy) is 3. The Morgan fingerprint density at radius 2 is 2.03 bits per heavy atom. The zero-order valence-electron chi connectivity index (χ0n) is 17.3. The number of benzene rings is 2. The number of rotatable bonds is 10. The van der Waals surface area contributed by atoms with E-state index < -0.39 is 0 Å². The molecular formula is C20H17BrCl2N4O5S. The lowest BCUT2D eigenvalue weighted by molar-refractivity contribution is -0.118. The first-order valence-corrected chi connectivity index (χ1v) is 11.7. The normalized spacial score (nSPS) is 10.9. The van der Waals surface area contributed by atoms with Crippen LogP contribution in [0.5, 0.6) is 17.2 Å². The Morgan fingerprint density at radius 1 is 1.21 bits per heavy atom. The van der Waals surface area contributed by atoms with Crippen LogP contribution < -0.4 is 19.6 Å². The predicted molar refractivity (Wildman–Crippen MR) is 129 cm³/mol. The number of nitrogens with zero attached hydrogens (tertiary/aromatic N) is 3. The Kier molecular flexibility index (Phi) is 9.24. The Hall–Kier alpha value is -2.47. The summed E-state index contributed by atoms with van der Waals surface area (Å²) in [6, 6.07) is 8.38. The third-order valence-corrected chi connectivity index (χ3v) is 5.82. The maximum atomic E-state index is 12.0. The molecule has 1 amide bonds. The number of nitrogens with one attached hydrogen (secondary N) is 1. The highest BCUT2D eigenvalue weighted by molar-refractivity contribution is 9.10. The van der Waals surface area contributed by atoms with E-state index in [0.29, 0.717) is 37.3 Å². The molecule has 1 heterocycles. The SMILES string of the molecule is COc1cc(/C=N\NC(=O)CSc2nnc(COc3ccc(Cl)cc3Cl)o2)cc(Br)c1OC. The number of methoxy groups -OCH3 is 2. The molecule has 0 saturated carbocycles. The first kappa shape index (κ1) is 25.2. The van der Waals surface area contributed by atoms with Crippen molar-refractivity contribution >= 4 is 63.0 Å². The minimum Gasteiger partial charge on any atom is -0.493 e. The molecule has 0 radical (unpaired) electrons. The van der Waals surface area contributed by atoms with Crippen LogP contribution in [-0.2, 0) is 11.4 Å². The van der Waals surface area contributed by atoms with Crippen LogP contribution in [0.15, 0.2) is 49.5 Å². The summed E-state index contributed by atoms with van der Waals surface area (Å²) < 4.78 is 22.2. The van der Waals surface area contributed by atoms with Gasteiger partial charge < -0.3 is 18.6 Å². The van der Waals surface area contributed by atoms with Gasteiger partial charge in [-0.25, -0.2) is 5.43 Å². The molecule has 9 nitrogen and oxygen atoms in total. The molecule has 2 aromatic carbocycles. The lowest BCUT2D eigenvalue weighted by Crippen LogP contribution is -2.19. The highest BCUT2D eigenvalue weighted by atomic mass is 79.9. The van der Waals surface area contributed by atoms with Crippen molar-refractivity contribution in [1.29, 1.82) is 0 Å². The number of halogens is 3. The highest BCUT2D eigenvalue weighted by Crippen LogP contribution is 2.35. The van der Waals surface area contributed by atoms with Crippen molar-refractivity contribution in [2.24, 2.45) is 5.10 Å². The second kappa shape index (κ2) is 12.1. The Balaban J connectivity index is 1.46. The van der Waals surface area contributed by atoms with Gasteiger partial charge in [0.25, 0.3) is 17.0 Å². The van der Waals surface area contributed by atoms with E-state index in [9.17, 15) is 4.79 Å². The van der Waals surface area contributed by atoms with E-state index in [0.717, 1.165) is 11.8 Å². The van der Waals surface area contributed by atoms with Crippen molar-refractivity contribution < 1.29 is 23.4 Å². The predicted octanol–water partition coefficient (Wildman–Crippen LogP) is 4.98. The van der Waals surface area contributed by atoms with E-state index >= 15 is 0 Å². The van der Waals surface area contributed by atoms with E-state index in [4.69, 9.17) is 41.8 Å². The zero-order valence-corrected chi connectivity index (χ0v) is 21.2. The van der Waals surface area contributed by atoms with Gasteiger partial charge in [-0.15, -0.1) is 10.2 Å². The molecule has 1 aromatic heterocycles. The molecule has 3 aromatic rings. The minimum atomic E-state index is -0.347. The summed E-state index contributed by atoms with van der Waals surface area (Å²) >= 11 is 16.4. The van der Waals surface area contributed by atoms with E-state index in [2.05, 4.69) is 36.7 Å². The third-order valence-electron chi connectivity index (χ3n) is 3.88. The Labute approximate surface area is 211 Å². The van der Waals surface area contributed by atoms with Gasteiger partial charge in [-0.3, -0.25) is 4.79 Å². The number of carbonyl (C=O) groups is 1. The van der Waals surface area contributed by atoms with Crippen LogP contribution in [0.2, 0.25) is 10.0 Å². The standard InChI is InChI=1S/C20H17BrCl2N4O5S/c1-29-16-6-11(5-13(21)19(16)30-2)8-24-25-17(28)10-33-20-27-26-18(32-20)9-31-15-4-3-12(22)7-14(15)23/h3-8H,9-10H2,1-2H3,(H,25,28)/b24-8-. The van der Waals surface area contributed by atoms with Crippen LogP contribution in [-0.4, -0.2) is 42.3 Å². The molecule has 0 atom stereocenters. The first-order valence-electron chi connectivity index (χ1n) is 9.16. The summed E-state index contributed by atoms with van der Waals surface area (Å²) in [6.07, 6.45) is 1.49.